The molecule has 2 rings (SSSR count). The van der Waals surface area contributed by atoms with Gasteiger partial charge in [0.05, 0.1) is 24.4 Å². The molecular weight excluding hydrogens is 236 g/mol. The van der Waals surface area contributed by atoms with Crippen LogP contribution in [0, 0.1) is 6.92 Å². The van der Waals surface area contributed by atoms with Crippen molar-refractivity contribution in [2.75, 3.05) is 0 Å². The summed E-state index contributed by atoms with van der Waals surface area (Å²) in [5.74, 6) is -0.491. The molecule has 0 fully saturated rings. The molecule has 0 aliphatic carbocycles. The van der Waals surface area contributed by atoms with Crippen LogP contribution in [0.15, 0.2) is 12.4 Å². The second-order valence-corrected chi connectivity index (χ2v) is 3.94. The molecule has 1 unspecified atom stereocenters. The largest absolute Gasteiger partial charge is 0.481 e. The first kappa shape index (κ1) is 12.1. The molecule has 2 aromatic heterocycles. The molecule has 0 spiro atoms. The fourth-order valence-corrected chi connectivity index (χ4v) is 1.51. The molecule has 2 heterocycles. The minimum atomic E-state index is -0.904. The van der Waals surface area contributed by atoms with Crippen LogP contribution in [0.25, 0.3) is 11.5 Å². The molecule has 1 N–H and O–H groups in total. The zero-order valence-electron chi connectivity index (χ0n) is 9.98. The lowest BCUT2D eigenvalue weighted by molar-refractivity contribution is -0.137. The molecule has 0 aliphatic rings. The van der Waals surface area contributed by atoms with E-state index in [0.29, 0.717) is 11.5 Å². The van der Waals surface area contributed by atoms with Crippen molar-refractivity contribution in [3.05, 3.63) is 18.1 Å². The summed E-state index contributed by atoms with van der Waals surface area (Å²) < 4.78 is 1.44. The molecule has 18 heavy (non-hydrogen) atoms. The van der Waals surface area contributed by atoms with Crippen molar-refractivity contribution in [1.29, 1.82) is 0 Å². The second-order valence-electron chi connectivity index (χ2n) is 3.94. The summed E-state index contributed by atoms with van der Waals surface area (Å²) in [5, 5.41) is 20.0. The van der Waals surface area contributed by atoms with Crippen molar-refractivity contribution in [2.45, 2.75) is 26.3 Å². The third kappa shape index (κ3) is 2.47. The SMILES string of the molecule is Cc1cnc(-c2nnnn2C(C)CC(=O)O)cn1. The molecule has 0 saturated carbocycles. The summed E-state index contributed by atoms with van der Waals surface area (Å²) in [7, 11) is 0. The molecule has 0 radical (unpaired) electrons. The number of aliphatic carboxylic acids is 1. The molecule has 2 aromatic rings. The van der Waals surface area contributed by atoms with Crippen LogP contribution >= 0.6 is 0 Å². The minimum Gasteiger partial charge on any atom is -0.481 e. The van der Waals surface area contributed by atoms with Gasteiger partial charge < -0.3 is 5.11 Å². The predicted molar refractivity (Wildman–Crippen MR) is 60.5 cm³/mol. The molecule has 8 heteroatoms. The Morgan fingerprint density at radius 3 is 2.83 bits per heavy atom. The van der Waals surface area contributed by atoms with Crippen LogP contribution in [0.2, 0.25) is 0 Å². The van der Waals surface area contributed by atoms with E-state index in [1.165, 1.54) is 4.68 Å². The second kappa shape index (κ2) is 4.86. The van der Waals surface area contributed by atoms with Gasteiger partial charge in [0.15, 0.2) is 0 Å². The fourth-order valence-electron chi connectivity index (χ4n) is 1.51. The maximum absolute atomic E-state index is 10.7. The molecule has 0 aliphatic heterocycles. The number of carbonyl (C=O) groups is 1. The van der Waals surface area contributed by atoms with Gasteiger partial charge in [0, 0.05) is 6.20 Å². The van der Waals surface area contributed by atoms with Gasteiger partial charge in [-0.1, -0.05) is 0 Å². The van der Waals surface area contributed by atoms with Crippen LogP contribution in [-0.4, -0.2) is 41.3 Å². The van der Waals surface area contributed by atoms with E-state index in [4.69, 9.17) is 5.11 Å². The predicted octanol–water partition coefficient (Wildman–Crippen LogP) is 0.474. The standard InChI is InChI=1S/C10H12N6O2/c1-6-4-12-8(5-11-6)10-13-14-15-16(10)7(2)3-9(17)18/h4-5,7H,3H2,1-2H3,(H,17,18). The molecule has 8 nitrogen and oxygen atoms in total. The maximum atomic E-state index is 10.7. The van der Waals surface area contributed by atoms with Gasteiger partial charge in [0.25, 0.3) is 0 Å². The van der Waals surface area contributed by atoms with Crippen molar-refractivity contribution in [1.82, 2.24) is 30.2 Å². The van der Waals surface area contributed by atoms with Gasteiger partial charge in [-0.25, -0.2) is 9.67 Å². The van der Waals surface area contributed by atoms with Gasteiger partial charge in [-0.2, -0.15) is 0 Å². The van der Waals surface area contributed by atoms with E-state index in [0.717, 1.165) is 5.69 Å². The lowest BCUT2D eigenvalue weighted by Crippen LogP contribution is -2.13. The van der Waals surface area contributed by atoms with Crippen molar-refractivity contribution < 1.29 is 9.90 Å². The summed E-state index contributed by atoms with van der Waals surface area (Å²) in [6.07, 6.45) is 3.11. The van der Waals surface area contributed by atoms with E-state index in [1.54, 1.807) is 19.3 Å². The Kier molecular flexibility index (Phi) is 3.26. The monoisotopic (exact) mass is 248 g/mol. The fraction of sp³-hybridized carbons (Fsp3) is 0.400. The lowest BCUT2D eigenvalue weighted by Gasteiger charge is -2.10. The van der Waals surface area contributed by atoms with Gasteiger partial charge >= 0.3 is 5.97 Å². The molecular formula is C10H12N6O2. The third-order valence-electron chi connectivity index (χ3n) is 2.39. The van der Waals surface area contributed by atoms with Gasteiger partial charge in [-0.05, 0) is 24.3 Å². The zero-order valence-corrected chi connectivity index (χ0v) is 9.98. The summed E-state index contributed by atoms with van der Waals surface area (Å²) in [6.45, 7) is 3.56. The Morgan fingerprint density at radius 2 is 2.22 bits per heavy atom. The van der Waals surface area contributed by atoms with E-state index >= 15 is 0 Å². The number of aryl methyl sites for hydroxylation is 1. The Hall–Kier alpha value is -2.38. The van der Waals surface area contributed by atoms with Crippen molar-refractivity contribution in [3.8, 4) is 11.5 Å². The first-order valence-electron chi connectivity index (χ1n) is 5.36. The van der Waals surface area contributed by atoms with E-state index in [-0.39, 0.29) is 12.5 Å². The Labute approximate surface area is 103 Å². The highest BCUT2D eigenvalue weighted by atomic mass is 16.4. The zero-order chi connectivity index (χ0) is 13.1. The smallest absolute Gasteiger partial charge is 0.305 e. The maximum Gasteiger partial charge on any atom is 0.305 e. The Balaban J connectivity index is 2.32. The highest BCUT2D eigenvalue weighted by Gasteiger charge is 2.18. The Bertz CT molecular complexity index is 550. The molecule has 0 saturated heterocycles. The quantitative estimate of drug-likeness (QED) is 0.838. The van der Waals surface area contributed by atoms with Gasteiger partial charge in [-0.3, -0.25) is 9.78 Å². The van der Waals surface area contributed by atoms with Crippen LogP contribution in [0.3, 0.4) is 0 Å². The van der Waals surface area contributed by atoms with Crippen LogP contribution in [0.1, 0.15) is 25.1 Å². The van der Waals surface area contributed by atoms with E-state index in [9.17, 15) is 4.79 Å². The lowest BCUT2D eigenvalue weighted by atomic mass is 10.2. The summed E-state index contributed by atoms with van der Waals surface area (Å²) in [4.78, 5) is 19.0. The number of hydrogen-bond donors (Lipinski definition) is 1. The van der Waals surface area contributed by atoms with Gasteiger partial charge in [0.1, 0.15) is 5.69 Å². The number of nitrogens with zero attached hydrogens (tertiary/aromatic N) is 6. The normalized spacial score (nSPS) is 12.3. The van der Waals surface area contributed by atoms with Crippen molar-refractivity contribution in [3.63, 3.8) is 0 Å². The average molecular weight is 248 g/mol. The highest BCUT2D eigenvalue weighted by Crippen LogP contribution is 2.17. The summed E-state index contributed by atoms with van der Waals surface area (Å²) in [6, 6.07) is -0.351. The molecule has 1 atom stereocenters. The van der Waals surface area contributed by atoms with Crippen LogP contribution < -0.4 is 0 Å². The average Bonchev–Trinajstić information content (AvgIpc) is 2.78. The number of carboxylic acids is 1. The number of aromatic nitrogens is 6. The van der Waals surface area contributed by atoms with E-state index < -0.39 is 5.97 Å². The van der Waals surface area contributed by atoms with E-state index in [2.05, 4.69) is 25.5 Å². The minimum absolute atomic E-state index is 0.0582. The topological polar surface area (TPSA) is 107 Å². The third-order valence-corrected chi connectivity index (χ3v) is 2.39. The number of carboxylic acid groups (broad SMARTS) is 1. The first-order valence-corrected chi connectivity index (χ1v) is 5.36. The van der Waals surface area contributed by atoms with Crippen molar-refractivity contribution >= 4 is 5.97 Å². The highest BCUT2D eigenvalue weighted by molar-refractivity contribution is 5.67. The summed E-state index contributed by atoms with van der Waals surface area (Å²) >= 11 is 0. The number of tetrazole rings is 1. The van der Waals surface area contributed by atoms with Crippen LogP contribution in [0.5, 0.6) is 0 Å². The van der Waals surface area contributed by atoms with Crippen LogP contribution in [0.4, 0.5) is 0 Å². The molecule has 0 bridgehead atoms. The molecule has 0 amide bonds. The van der Waals surface area contributed by atoms with Crippen molar-refractivity contribution in [2.24, 2.45) is 0 Å². The van der Waals surface area contributed by atoms with Gasteiger partial charge in [-0.15, -0.1) is 5.10 Å². The summed E-state index contributed by atoms with van der Waals surface area (Å²) in [5.41, 5.74) is 1.30. The van der Waals surface area contributed by atoms with Crippen LogP contribution in [-0.2, 0) is 4.79 Å². The number of hydrogen-bond acceptors (Lipinski definition) is 6. The first-order chi connectivity index (χ1) is 8.58. The molecule has 94 valence electrons. The molecule has 0 aromatic carbocycles. The number of rotatable bonds is 4. The Morgan fingerprint density at radius 1 is 1.44 bits per heavy atom. The van der Waals surface area contributed by atoms with Gasteiger partial charge in [0.2, 0.25) is 5.82 Å². The van der Waals surface area contributed by atoms with E-state index in [1.807, 2.05) is 6.92 Å².